The maximum Gasteiger partial charge on any atom is 0.103 e. The van der Waals surface area contributed by atoms with Crippen LogP contribution in [0.5, 0.6) is 0 Å². The first-order valence-corrected chi connectivity index (χ1v) is 4.98. The molecule has 0 aliphatic rings. The van der Waals surface area contributed by atoms with E-state index in [1.807, 2.05) is 13.1 Å². The molecular formula is C10H19N3O. The maximum atomic E-state index is 9.09. The highest BCUT2D eigenvalue weighted by molar-refractivity contribution is 4.99. The molecule has 1 rings (SSSR count). The molecule has 14 heavy (non-hydrogen) atoms. The van der Waals surface area contributed by atoms with Gasteiger partial charge in [-0.1, -0.05) is 13.8 Å². The van der Waals surface area contributed by atoms with Crippen LogP contribution >= 0.6 is 0 Å². The lowest BCUT2D eigenvalue weighted by Crippen LogP contribution is -2.36. The molecule has 0 aliphatic carbocycles. The molecule has 0 aliphatic heterocycles. The number of aromatic nitrogens is 2. The van der Waals surface area contributed by atoms with Gasteiger partial charge in [-0.25, -0.2) is 4.98 Å². The average molecular weight is 197 g/mol. The zero-order chi connectivity index (χ0) is 10.6. The number of aromatic amines is 1. The Kier molecular flexibility index (Phi) is 4.10. The topological polar surface area (TPSA) is 60.9 Å². The van der Waals surface area contributed by atoms with Gasteiger partial charge in [-0.15, -0.1) is 0 Å². The molecule has 3 N–H and O–H groups in total. The second kappa shape index (κ2) is 5.12. The van der Waals surface area contributed by atoms with Gasteiger partial charge >= 0.3 is 0 Å². The van der Waals surface area contributed by atoms with Crippen molar-refractivity contribution in [1.29, 1.82) is 0 Å². The third-order valence-corrected chi connectivity index (χ3v) is 2.31. The Labute approximate surface area is 84.8 Å². The van der Waals surface area contributed by atoms with Crippen molar-refractivity contribution in [2.24, 2.45) is 5.92 Å². The number of aliphatic hydroxyl groups is 1. The summed E-state index contributed by atoms with van der Waals surface area (Å²) in [6, 6.07) is 0.151. The number of hydrogen-bond acceptors (Lipinski definition) is 3. The molecule has 1 atom stereocenters. The van der Waals surface area contributed by atoms with Crippen molar-refractivity contribution in [3.05, 3.63) is 17.7 Å². The largest absolute Gasteiger partial charge is 0.395 e. The van der Waals surface area contributed by atoms with Crippen LogP contribution in [0, 0.1) is 12.8 Å². The summed E-state index contributed by atoms with van der Waals surface area (Å²) in [5, 5.41) is 12.4. The van der Waals surface area contributed by atoms with Crippen LogP contribution in [-0.2, 0) is 6.54 Å². The smallest absolute Gasteiger partial charge is 0.103 e. The summed E-state index contributed by atoms with van der Waals surface area (Å²) in [4.78, 5) is 7.25. The minimum Gasteiger partial charge on any atom is -0.395 e. The van der Waals surface area contributed by atoms with Gasteiger partial charge < -0.3 is 15.4 Å². The van der Waals surface area contributed by atoms with Crippen molar-refractivity contribution < 1.29 is 5.11 Å². The van der Waals surface area contributed by atoms with Gasteiger partial charge in [-0.3, -0.25) is 0 Å². The third-order valence-electron chi connectivity index (χ3n) is 2.31. The van der Waals surface area contributed by atoms with E-state index in [4.69, 9.17) is 5.11 Å². The van der Waals surface area contributed by atoms with E-state index in [-0.39, 0.29) is 12.6 Å². The molecule has 1 heterocycles. The monoisotopic (exact) mass is 197 g/mol. The van der Waals surface area contributed by atoms with E-state index in [9.17, 15) is 0 Å². The summed E-state index contributed by atoms with van der Waals surface area (Å²) >= 11 is 0. The van der Waals surface area contributed by atoms with E-state index in [0.29, 0.717) is 5.92 Å². The van der Waals surface area contributed by atoms with E-state index >= 15 is 0 Å². The van der Waals surface area contributed by atoms with Crippen LogP contribution in [0.2, 0.25) is 0 Å². The summed E-state index contributed by atoms with van der Waals surface area (Å²) in [5.41, 5.74) is 1.06. The Morgan fingerprint density at radius 2 is 2.29 bits per heavy atom. The van der Waals surface area contributed by atoms with Crippen LogP contribution in [-0.4, -0.2) is 27.7 Å². The van der Waals surface area contributed by atoms with E-state index in [1.54, 1.807) is 0 Å². The van der Waals surface area contributed by atoms with Crippen molar-refractivity contribution >= 4 is 0 Å². The highest BCUT2D eigenvalue weighted by Gasteiger charge is 2.11. The molecule has 80 valence electrons. The van der Waals surface area contributed by atoms with Crippen molar-refractivity contribution in [3.8, 4) is 0 Å². The van der Waals surface area contributed by atoms with E-state index < -0.39 is 0 Å². The summed E-state index contributed by atoms with van der Waals surface area (Å²) in [7, 11) is 0. The Hall–Kier alpha value is -0.870. The van der Waals surface area contributed by atoms with Crippen molar-refractivity contribution in [2.45, 2.75) is 33.4 Å². The molecule has 0 radical (unpaired) electrons. The number of aryl methyl sites for hydroxylation is 1. The number of H-pyrrole nitrogens is 1. The first-order valence-electron chi connectivity index (χ1n) is 4.98. The van der Waals surface area contributed by atoms with Gasteiger partial charge in [0.25, 0.3) is 0 Å². The van der Waals surface area contributed by atoms with Gasteiger partial charge in [-0.2, -0.15) is 0 Å². The molecule has 0 amide bonds. The minimum atomic E-state index is 0.151. The Balaban J connectivity index is 2.39. The molecule has 0 aromatic carbocycles. The summed E-state index contributed by atoms with van der Waals surface area (Å²) < 4.78 is 0. The Morgan fingerprint density at radius 3 is 2.71 bits per heavy atom. The van der Waals surface area contributed by atoms with Crippen LogP contribution in [0.25, 0.3) is 0 Å². The van der Waals surface area contributed by atoms with Crippen LogP contribution in [0.3, 0.4) is 0 Å². The third kappa shape index (κ3) is 3.12. The molecule has 0 fully saturated rings. The summed E-state index contributed by atoms with van der Waals surface area (Å²) in [5.74, 6) is 1.36. The predicted molar refractivity (Wildman–Crippen MR) is 55.9 cm³/mol. The Bertz CT molecular complexity index is 270. The molecule has 1 aromatic heterocycles. The van der Waals surface area contributed by atoms with Crippen LogP contribution in [0.4, 0.5) is 0 Å². The molecule has 1 aromatic rings. The Morgan fingerprint density at radius 1 is 1.57 bits per heavy atom. The fourth-order valence-electron chi connectivity index (χ4n) is 1.31. The highest BCUT2D eigenvalue weighted by atomic mass is 16.3. The lowest BCUT2D eigenvalue weighted by molar-refractivity contribution is 0.209. The summed E-state index contributed by atoms with van der Waals surface area (Å²) in [6.45, 7) is 7.00. The van der Waals surface area contributed by atoms with Gasteiger partial charge in [0.05, 0.1) is 6.61 Å². The lowest BCUT2D eigenvalue weighted by atomic mass is 10.1. The second-order valence-corrected chi connectivity index (χ2v) is 3.91. The molecule has 0 spiro atoms. The zero-order valence-corrected chi connectivity index (χ0v) is 9.04. The maximum absolute atomic E-state index is 9.09. The predicted octanol–water partition coefficient (Wildman–Crippen LogP) is 0.825. The van der Waals surface area contributed by atoms with Gasteiger partial charge in [-0.05, 0) is 12.8 Å². The van der Waals surface area contributed by atoms with Crippen LogP contribution < -0.4 is 5.32 Å². The average Bonchev–Trinajstić information content (AvgIpc) is 2.52. The molecule has 1 unspecified atom stereocenters. The number of aliphatic hydroxyl groups excluding tert-OH is 1. The molecular weight excluding hydrogens is 178 g/mol. The molecule has 4 heteroatoms. The van der Waals surface area contributed by atoms with Gasteiger partial charge in [0.15, 0.2) is 0 Å². The first kappa shape index (κ1) is 11.2. The normalized spacial score (nSPS) is 13.5. The van der Waals surface area contributed by atoms with E-state index in [2.05, 4.69) is 29.1 Å². The molecule has 0 saturated heterocycles. The van der Waals surface area contributed by atoms with Crippen molar-refractivity contribution in [3.63, 3.8) is 0 Å². The van der Waals surface area contributed by atoms with Crippen LogP contribution in [0.1, 0.15) is 25.4 Å². The number of hydrogen-bond donors (Lipinski definition) is 3. The van der Waals surface area contributed by atoms with Gasteiger partial charge in [0.1, 0.15) is 5.82 Å². The number of rotatable bonds is 5. The van der Waals surface area contributed by atoms with E-state index in [1.165, 1.54) is 0 Å². The minimum absolute atomic E-state index is 0.151. The van der Waals surface area contributed by atoms with Gasteiger partial charge in [0, 0.05) is 24.5 Å². The molecule has 4 nitrogen and oxygen atoms in total. The number of imidazole rings is 1. The molecule has 0 saturated carbocycles. The molecule has 0 bridgehead atoms. The first-order chi connectivity index (χ1) is 6.63. The lowest BCUT2D eigenvalue weighted by Gasteiger charge is -2.19. The van der Waals surface area contributed by atoms with Crippen molar-refractivity contribution in [2.75, 3.05) is 6.61 Å². The summed E-state index contributed by atoms with van der Waals surface area (Å²) in [6.07, 6.45) is 1.82. The fourth-order valence-corrected chi connectivity index (χ4v) is 1.31. The van der Waals surface area contributed by atoms with E-state index in [0.717, 1.165) is 18.1 Å². The van der Waals surface area contributed by atoms with Crippen LogP contribution in [0.15, 0.2) is 6.20 Å². The SMILES string of the molecule is Cc1ncc(CNC(CO)C(C)C)[nH]1. The quantitative estimate of drug-likeness (QED) is 0.655. The van der Waals surface area contributed by atoms with Crippen molar-refractivity contribution in [1.82, 2.24) is 15.3 Å². The fraction of sp³-hybridized carbons (Fsp3) is 0.700. The highest BCUT2D eigenvalue weighted by Crippen LogP contribution is 2.02. The zero-order valence-electron chi connectivity index (χ0n) is 9.04. The standard InChI is InChI=1S/C10H19N3O/c1-7(2)10(6-14)12-5-9-4-11-8(3)13-9/h4,7,10,12,14H,5-6H2,1-3H3,(H,11,13). The number of nitrogens with zero attached hydrogens (tertiary/aromatic N) is 1. The van der Waals surface area contributed by atoms with Gasteiger partial charge in [0.2, 0.25) is 0 Å². The number of nitrogens with one attached hydrogen (secondary N) is 2. The second-order valence-electron chi connectivity index (χ2n) is 3.91.